The van der Waals surface area contributed by atoms with Crippen LogP contribution in [0.5, 0.6) is 5.75 Å². The second-order valence-electron chi connectivity index (χ2n) is 4.15. The molecule has 0 aromatic heterocycles. The molecule has 0 saturated carbocycles. The summed E-state index contributed by atoms with van der Waals surface area (Å²) in [5.41, 5.74) is 1.02. The van der Waals surface area contributed by atoms with Gasteiger partial charge in [-0.25, -0.2) is 0 Å². The highest BCUT2D eigenvalue weighted by atomic mass is 35.5. The second-order valence-corrected chi connectivity index (χ2v) is 4.15. The van der Waals surface area contributed by atoms with Gasteiger partial charge in [-0.15, -0.1) is 12.4 Å². The first kappa shape index (κ1) is 18.7. The lowest BCUT2D eigenvalue weighted by Gasteiger charge is -2.09. The van der Waals surface area contributed by atoms with Gasteiger partial charge in [0.25, 0.3) is 0 Å². The molecule has 1 rings (SSSR count). The molecule has 0 atom stereocenters. The Morgan fingerprint density at radius 1 is 1.30 bits per heavy atom. The van der Waals surface area contributed by atoms with Crippen LogP contribution in [0.1, 0.15) is 12.0 Å². The van der Waals surface area contributed by atoms with Gasteiger partial charge < -0.3 is 20.1 Å². The van der Waals surface area contributed by atoms with E-state index in [1.165, 1.54) is 0 Å². The Labute approximate surface area is 126 Å². The number of methoxy groups -OCH3 is 1. The lowest BCUT2D eigenvalue weighted by molar-refractivity contribution is -0.120. The number of ether oxygens (including phenoxy) is 2. The van der Waals surface area contributed by atoms with Crippen molar-refractivity contribution < 1.29 is 14.3 Å². The molecule has 0 heterocycles. The maximum absolute atomic E-state index is 11.3. The summed E-state index contributed by atoms with van der Waals surface area (Å²) < 4.78 is 10.6. The molecule has 0 radical (unpaired) electrons. The summed E-state index contributed by atoms with van der Waals surface area (Å²) in [5.74, 6) is 0.797. The first-order valence-corrected chi connectivity index (χ1v) is 6.38. The SMILES string of the molecule is CNCC(=O)NCc1cccc(OCCCOC)c1.Cl. The standard InChI is InChI=1S/C14H22N2O3.ClH/c1-15-11-14(17)16-10-12-5-3-6-13(9-12)19-8-4-7-18-2;/h3,5-6,9,15H,4,7-8,10-11H2,1-2H3,(H,16,17);1H. The third-order valence-electron chi connectivity index (χ3n) is 2.49. The predicted molar refractivity (Wildman–Crippen MR) is 81.5 cm³/mol. The minimum Gasteiger partial charge on any atom is -0.493 e. The van der Waals surface area contributed by atoms with E-state index in [0.29, 0.717) is 26.3 Å². The Hall–Kier alpha value is -1.30. The van der Waals surface area contributed by atoms with E-state index < -0.39 is 0 Å². The largest absolute Gasteiger partial charge is 0.493 e. The molecule has 1 aromatic rings. The van der Waals surface area contributed by atoms with Crippen LogP contribution in [0.2, 0.25) is 0 Å². The molecule has 0 spiro atoms. The van der Waals surface area contributed by atoms with Crippen molar-refractivity contribution in [1.29, 1.82) is 0 Å². The summed E-state index contributed by atoms with van der Waals surface area (Å²) >= 11 is 0. The highest BCUT2D eigenvalue weighted by Gasteiger charge is 2.01. The smallest absolute Gasteiger partial charge is 0.234 e. The lowest BCUT2D eigenvalue weighted by Crippen LogP contribution is -2.31. The van der Waals surface area contributed by atoms with Crippen LogP contribution in [0.25, 0.3) is 0 Å². The van der Waals surface area contributed by atoms with Gasteiger partial charge in [0, 0.05) is 26.7 Å². The number of nitrogens with one attached hydrogen (secondary N) is 2. The van der Waals surface area contributed by atoms with Gasteiger partial charge in [-0.3, -0.25) is 4.79 Å². The Morgan fingerprint density at radius 2 is 2.10 bits per heavy atom. The summed E-state index contributed by atoms with van der Waals surface area (Å²) in [7, 11) is 3.42. The molecule has 0 bridgehead atoms. The number of carbonyl (C=O) groups excluding carboxylic acids is 1. The molecule has 20 heavy (non-hydrogen) atoms. The van der Waals surface area contributed by atoms with Crippen molar-refractivity contribution in [1.82, 2.24) is 10.6 Å². The number of rotatable bonds is 9. The fourth-order valence-electron chi connectivity index (χ4n) is 1.56. The van der Waals surface area contributed by atoms with E-state index in [4.69, 9.17) is 9.47 Å². The quantitative estimate of drug-likeness (QED) is 0.676. The molecular formula is C14H23ClN2O3. The van der Waals surface area contributed by atoms with E-state index in [9.17, 15) is 4.79 Å². The van der Waals surface area contributed by atoms with Gasteiger partial charge in [0.05, 0.1) is 13.2 Å². The van der Waals surface area contributed by atoms with Gasteiger partial charge >= 0.3 is 0 Å². The maximum atomic E-state index is 11.3. The van der Waals surface area contributed by atoms with Gasteiger partial charge in [0.1, 0.15) is 5.75 Å². The summed E-state index contributed by atoms with van der Waals surface area (Å²) in [6.45, 7) is 2.16. The lowest BCUT2D eigenvalue weighted by atomic mass is 10.2. The number of hydrogen-bond donors (Lipinski definition) is 2. The number of benzene rings is 1. The first-order valence-electron chi connectivity index (χ1n) is 6.38. The van der Waals surface area contributed by atoms with Gasteiger partial charge in [-0.2, -0.15) is 0 Å². The van der Waals surface area contributed by atoms with Crippen LogP contribution in [-0.2, 0) is 16.1 Å². The molecule has 114 valence electrons. The number of carbonyl (C=O) groups is 1. The third-order valence-corrected chi connectivity index (χ3v) is 2.49. The van der Waals surface area contributed by atoms with E-state index in [0.717, 1.165) is 17.7 Å². The average Bonchev–Trinajstić information content (AvgIpc) is 2.42. The van der Waals surface area contributed by atoms with Crippen molar-refractivity contribution in [2.24, 2.45) is 0 Å². The maximum Gasteiger partial charge on any atom is 0.234 e. The van der Waals surface area contributed by atoms with Crippen LogP contribution in [-0.4, -0.2) is 39.8 Å². The number of halogens is 1. The Morgan fingerprint density at radius 3 is 2.80 bits per heavy atom. The average molecular weight is 303 g/mol. The first-order chi connectivity index (χ1) is 9.26. The monoisotopic (exact) mass is 302 g/mol. The molecule has 2 N–H and O–H groups in total. The number of likely N-dealkylation sites (N-methyl/N-ethyl adjacent to an activating group) is 1. The van der Waals surface area contributed by atoms with E-state index in [1.54, 1.807) is 14.2 Å². The molecule has 5 nitrogen and oxygen atoms in total. The van der Waals surface area contributed by atoms with Gasteiger partial charge in [0.15, 0.2) is 0 Å². The van der Waals surface area contributed by atoms with E-state index >= 15 is 0 Å². The highest BCUT2D eigenvalue weighted by Crippen LogP contribution is 2.13. The van der Waals surface area contributed by atoms with Crippen molar-refractivity contribution in [2.75, 3.05) is 33.9 Å². The van der Waals surface area contributed by atoms with Crippen molar-refractivity contribution in [3.63, 3.8) is 0 Å². The fourth-order valence-corrected chi connectivity index (χ4v) is 1.56. The van der Waals surface area contributed by atoms with Gasteiger partial charge in [0.2, 0.25) is 5.91 Å². The van der Waals surface area contributed by atoms with Gasteiger partial charge in [-0.1, -0.05) is 12.1 Å². The second kappa shape index (κ2) is 11.5. The van der Waals surface area contributed by atoms with Crippen molar-refractivity contribution in [3.05, 3.63) is 29.8 Å². The van der Waals surface area contributed by atoms with E-state index in [-0.39, 0.29) is 18.3 Å². The zero-order valence-electron chi connectivity index (χ0n) is 12.0. The number of hydrogen-bond acceptors (Lipinski definition) is 4. The van der Waals surface area contributed by atoms with Crippen LogP contribution >= 0.6 is 12.4 Å². The Kier molecular flexibility index (Phi) is 10.8. The Balaban J connectivity index is 0.00000361. The summed E-state index contributed by atoms with van der Waals surface area (Å²) in [6.07, 6.45) is 0.861. The van der Waals surface area contributed by atoms with Crippen molar-refractivity contribution >= 4 is 18.3 Å². The number of amides is 1. The molecule has 0 saturated heterocycles. The van der Waals surface area contributed by atoms with E-state index in [2.05, 4.69) is 10.6 Å². The molecule has 6 heteroatoms. The van der Waals surface area contributed by atoms with Crippen LogP contribution in [0, 0.1) is 0 Å². The van der Waals surface area contributed by atoms with E-state index in [1.807, 2.05) is 24.3 Å². The fraction of sp³-hybridized carbons (Fsp3) is 0.500. The minimum absolute atomic E-state index is 0. The van der Waals surface area contributed by atoms with Crippen LogP contribution < -0.4 is 15.4 Å². The van der Waals surface area contributed by atoms with Crippen LogP contribution in [0.4, 0.5) is 0 Å². The summed E-state index contributed by atoms with van der Waals surface area (Å²) in [4.78, 5) is 11.3. The van der Waals surface area contributed by atoms with Crippen LogP contribution in [0.15, 0.2) is 24.3 Å². The minimum atomic E-state index is -0.0195. The summed E-state index contributed by atoms with van der Waals surface area (Å²) in [5, 5.41) is 5.63. The predicted octanol–water partition coefficient (Wildman–Crippen LogP) is 1.36. The van der Waals surface area contributed by atoms with Crippen molar-refractivity contribution in [2.45, 2.75) is 13.0 Å². The normalized spacial score (nSPS) is 9.70. The molecule has 0 aliphatic heterocycles. The third kappa shape index (κ3) is 7.99. The molecular weight excluding hydrogens is 280 g/mol. The van der Waals surface area contributed by atoms with Crippen molar-refractivity contribution in [3.8, 4) is 5.75 Å². The van der Waals surface area contributed by atoms with Gasteiger partial charge in [-0.05, 0) is 24.7 Å². The zero-order valence-corrected chi connectivity index (χ0v) is 12.8. The summed E-state index contributed by atoms with van der Waals surface area (Å²) in [6, 6.07) is 7.73. The highest BCUT2D eigenvalue weighted by molar-refractivity contribution is 5.85. The molecule has 0 fully saturated rings. The van der Waals surface area contributed by atoms with Crippen LogP contribution in [0.3, 0.4) is 0 Å². The molecule has 0 aliphatic rings. The molecule has 0 aliphatic carbocycles. The Bertz CT molecular complexity index is 388. The molecule has 1 aromatic carbocycles. The topological polar surface area (TPSA) is 59.6 Å². The molecule has 1 amide bonds. The zero-order chi connectivity index (χ0) is 13.9. The molecule has 0 unspecified atom stereocenters.